The number of carbonyl (C=O) groups excluding carboxylic acids is 3. The lowest BCUT2D eigenvalue weighted by Gasteiger charge is -2.25. The lowest BCUT2D eigenvalue weighted by molar-refractivity contribution is -0.152. The summed E-state index contributed by atoms with van der Waals surface area (Å²) in [5, 5.41) is 14.2. The minimum absolute atomic E-state index is 0.0214. The van der Waals surface area contributed by atoms with Crippen LogP contribution in [0.2, 0.25) is 0 Å². The molecule has 3 N–H and O–H groups in total. The fraction of sp³-hybridized carbons (Fsp3) is 0.323. The summed E-state index contributed by atoms with van der Waals surface area (Å²) >= 11 is 1.46. The van der Waals surface area contributed by atoms with Crippen LogP contribution in [-0.2, 0) is 25.0 Å². The first-order valence-corrected chi connectivity index (χ1v) is 15.3. The number of alkyl halides is 2. The number of nitrogens with zero attached hydrogens (tertiary/aromatic N) is 3. The van der Waals surface area contributed by atoms with Gasteiger partial charge in [0.05, 0.1) is 32.3 Å². The second-order valence-corrected chi connectivity index (χ2v) is 12.2. The number of carbonyl (C=O) groups is 3. The van der Waals surface area contributed by atoms with Crippen molar-refractivity contribution in [3.63, 3.8) is 0 Å². The Bertz CT molecular complexity index is 1790. The van der Waals surface area contributed by atoms with Gasteiger partial charge in [0.1, 0.15) is 12.4 Å². The molecule has 2 aromatic heterocycles. The number of halogens is 2. The number of nitrogens with one attached hydrogen (secondary N) is 3. The van der Waals surface area contributed by atoms with E-state index in [-0.39, 0.29) is 47.2 Å². The molecule has 232 valence electrons. The van der Waals surface area contributed by atoms with Crippen LogP contribution in [0.1, 0.15) is 45.7 Å². The second-order valence-electron chi connectivity index (χ2n) is 11.2. The van der Waals surface area contributed by atoms with Gasteiger partial charge in [-0.2, -0.15) is 13.9 Å². The highest BCUT2D eigenvalue weighted by molar-refractivity contribution is 7.10. The maximum absolute atomic E-state index is 14.9. The van der Waals surface area contributed by atoms with Gasteiger partial charge in [-0.1, -0.05) is 30.3 Å². The zero-order valence-electron chi connectivity index (χ0n) is 24.0. The number of thiophene rings is 1. The summed E-state index contributed by atoms with van der Waals surface area (Å²) in [5.74, 6) is -5.14. The summed E-state index contributed by atoms with van der Waals surface area (Å²) in [6.07, 6.45) is 1.55. The number of aromatic amines is 1. The predicted octanol–water partition coefficient (Wildman–Crippen LogP) is 3.60. The molecule has 4 heterocycles. The van der Waals surface area contributed by atoms with Crippen molar-refractivity contribution in [2.45, 2.75) is 37.1 Å². The first-order chi connectivity index (χ1) is 21.6. The molecule has 2 fully saturated rings. The molecule has 4 aromatic rings. The van der Waals surface area contributed by atoms with Crippen LogP contribution in [0.25, 0.3) is 22.5 Å². The summed E-state index contributed by atoms with van der Waals surface area (Å²) in [6.45, 7) is 2.13. The van der Waals surface area contributed by atoms with Crippen LogP contribution in [0.4, 0.5) is 8.78 Å². The van der Waals surface area contributed by atoms with Gasteiger partial charge >= 0.3 is 0 Å². The predicted molar refractivity (Wildman–Crippen MR) is 158 cm³/mol. The zero-order valence-corrected chi connectivity index (χ0v) is 24.8. The van der Waals surface area contributed by atoms with Crippen LogP contribution < -0.4 is 10.6 Å². The van der Waals surface area contributed by atoms with Gasteiger partial charge in [0.25, 0.3) is 11.8 Å². The zero-order chi connectivity index (χ0) is 31.3. The van der Waals surface area contributed by atoms with Crippen molar-refractivity contribution >= 4 is 29.1 Å². The van der Waals surface area contributed by atoms with E-state index in [2.05, 4.69) is 25.8 Å². The van der Waals surface area contributed by atoms with E-state index >= 15 is 0 Å². The third kappa shape index (κ3) is 5.18. The van der Waals surface area contributed by atoms with E-state index in [4.69, 9.17) is 9.47 Å². The van der Waals surface area contributed by atoms with Gasteiger partial charge in [0, 0.05) is 38.9 Å². The van der Waals surface area contributed by atoms with E-state index in [1.165, 1.54) is 46.8 Å². The number of likely N-dealkylation sites (tertiary alicyclic amines) is 1. The molecule has 3 amide bonds. The molecule has 0 bridgehead atoms. The Hall–Kier alpha value is -4.53. The molecule has 45 heavy (non-hydrogen) atoms. The molecule has 2 saturated heterocycles. The van der Waals surface area contributed by atoms with Gasteiger partial charge < -0.3 is 25.0 Å². The Kier molecular flexibility index (Phi) is 7.22. The Morgan fingerprint density at radius 1 is 1.11 bits per heavy atom. The Morgan fingerprint density at radius 3 is 2.67 bits per heavy atom. The summed E-state index contributed by atoms with van der Waals surface area (Å²) in [6, 6.07) is 10.8. The maximum Gasteiger partial charge on any atom is 0.299 e. The highest BCUT2D eigenvalue weighted by atomic mass is 32.1. The summed E-state index contributed by atoms with van der Waals surface area (Å²) in [5.41, 5.74) is 1.33. The van der Waals surface area contributed by atoms with Crippen LogP contribution >= 0.6 is 11.3 Å². The average molecular weight is 635 g/mol. The minimum Gasteiger partial charge on any atom is -0.347 e. The van der Waals surface area contributed by atoms with Crippen molar-refractivity contribution in [3.8, 4) is 22.5 Å². The molecule has 1 spiro atoms. The molecule has 0 saturated carbocycles. The number of hydrogen-bond acceptors (Lipinski definition) is 8. The number of aromatic nitrogens is 3. The Morgan fingerprint density at radius 2 is 1.89 bits per heavy atom. The number of rotatable bonds is 7. The van der Waals surface area contributed by atoms with E-state index in [9.17, 15) is 23.2 Å². The normalized spacial score (nSPS) is 19.7. The van der Waals surface area contributed by atoms with Crippen LogP contribution in [0, 0.1) is 0 Å². The van der Waals surface area contributed by atoms with Gasteiger partial charge in [-0.15, -0.1) is 11.3 Å². The number of amides is 3. The van der Waals surface area contributed by atoms with Crippen molar-refractivity contribution < 1.29 is 32.6 Å². The molecule has 1 unspecified atom stereocenters. The van der Waals surface area contributed by atoms with E-state index in [0.717, 1.165) is 10.4 Å². The van der Waals surface area contributed by atoms with Crippen LogP contribution in [0.5, 0.6) is 0 Å². The second kappa shape index (κ2) is 11.1. The van der Waals surface area contributed by atoms with Crippen molar-refractivity contribution in [2.24, 2.45) is 0 Å². The quantitative estimate of drug-likeness (QED) is 0.283. The summed E-state index contributed by atoms with van der Waals surface area (Å²) < 4.78 is 41.5. The molecular formula is C31H28F2N6O5S. The molecule has 0 radical (unpaired) electrons. The molecule has 14 heteroatoms. The van der Waals surface area contributed by atoms with Gasteiger partial charge in [-0.25, -0.2) is 4.98 Å². The Balaban J connectivity index is 1.04. The van der Waals surface area contributed by atoms with Crippen LogP contribution in [0.15, 0.2) is 60.2 Å². The molecule has 1 aliphatic carbocycles. The summed E-state index contributed by atoms with van der Waals surface area (Å²) in [7, 11) is 0. The van der Waals surface area contributed by atoms with Crippen molar-refractivity contribution in [1.82, 2.24) is 30.7 Å². The van der Waals surface area contributed by atoms with E-state index in [1.54, 1.807) is 18.2 Å². The topological polar surface area (TPSA) is 139 Å². The first-order valence-electron chi connectivity index (χ1n) is 14.4. The highest BCUT2D eigenvalue weighted by Crippen LogP contribution is 2.51. The molecule has 2 aliphatic heterocycles. The molecule has 7 rings (SSSR count). The number of hydrogen-bond donors (Lipinski definition) is 3. The average Bonchev–Trinajstić information content (AvgIpc) is 3.88. The van der Waals surface area contributed by atoms with Gasteiger partial charge in [-0.05, 0) is 36.2 Å². The fourth-order valence-corrected chi connectivity index (χ4v) is 7.05. The van der Waals surface area contributed by atoms with E-state index in [1.807, 2.05) is 18.4 Å². The molecule has 2 aromatic carbocycles. The molecule has 3 aliphatic rings. The van der Waals surface area contributed by atoms with Crippen molar-refractivity contribution in [3.05, 3.63) is 81.8 Å². The third-order valence-electron chi connectivity index (χ3n) is 8.40. The van der Waals surface area contributed by atoms with Crippen molar-refractivity contribution in [1.29, 1.82) is 0 Å². The number of benzene rings is 2. The van der Waals surface area contributed by atoms with Crippen LogP contribution in [-0.4, -0.2) is 75.9 Å². The number of fused-ring (bicyclic) bond motifs is 3. The molecular weight excluding hydrogens is 606 g/mol. The highest BCUT2D eigenvalue weighted by Gasteiger charge is 2.52. The third-order valence-corrected chi connectivity index (χ3v) is 9.51. The number of H-pyrrole nitrogens is 1. The van der Waals surface area contributed by atoms with Crippen molar-refractivity contribution in [2.75, 3.05) is 26.3 Å². The first kappa shape index (κ1) is 29.2. The van der Waals surface area contributed by atoms with E-state index in [0.29, 0.717) is 24.6 Å². The smallest absolute Gasteiger partial charge is 0.299 e. The summed E-state index contributed by atoms with van der Waals surface area (Å²) in [4.78, 5) is 46.5. The SMILES string of the molecule is CC(NC(=O)[C@@H]1CC2(CN1C(=O)CNC(=O)c1ccc3c(c1)-c1ccccc1C3(F)F)OCCO2)c1cc(-c2ncn[nH]2)cs1. The van der Waals surface area contributed by atoms with Gasteiger partial charge in [0.15, 0.2) is 11.6 Å². The van der Waals surface area contributed by atoms with Crippen LogP contribution in [0.3, 0.4) is 0 Å². The maximum atomic E-state index is 14.9. The van der Waals surface area contributed by atoms with E-state index < -0.39 is 36.1 Å². The fourth-order valence-electron chi connectivity index (χ4n) is 6.15. The molecule has 11 nitrogen and oxygen atoms in total. The minimum atomic E-state index is -3.16. The lowest BCUT2D eigenvalue weighted by atomic mass is 10.0. The van der Waals surface area contributed by atoms with Gasteiger partial charge in [0.2, 0.25) is 11.8 Å². The van der Waals surface area contributed by atoms with Gasteiger partial charge in [-0.3, -0.25) is 19.5 Å². The lowest BCUT2D eigenvalue weighted by Crippen LogP contribution is -2.49. The monoisotopic (exact) mass is 634 g/mol. The Labute approximate surface area is 259 Å². The molecule has 2 atom stereocenters. The largest absolute Gasteiger partial charge is 0.347 e. The standard InChI is InChI=1S/C31H28F2N6O5S/c1-17(25-11-19(14-45-25)27-35-16-36-38-27)37-29(42)24-12-30(43-8-9-44-30)15-39(24)26(40)13-34-28(41)18-6-7-23-21(10-18)20-4-2-3-5-22(20)31(23,32)33/h2-7,10-11,14,16-17,24H,8-9,12-13,15H2,1H3,(H,34,41)(H,37,42)(H,35,36,38)/t17?,24-/m0/s1. The number of ether oxygens (including phenoxy) is 2.